The molecule has 7 nitrogen and oxygen atoms in total. The van der Waals surface area contributed by atoms with Crippen molar-refractivity contribution >= 4 is 26.5 Å². The normalized spacial score (nSPS) is 11.3. The number of ether oxygens (including phenoxy) is 1. The largest absolute Gasteiger partial charge is 0.495 e. The molecular formula is C10H12N4O3S2. The van der Waals surface area contributed by atoms with E-state index in [9.17, 15) is 8.42 Å². The maximum atomic E-state index is 12.3. The van der Waals surface area contributed by atoms with Crippen molar-refractivity contribution in [3.63, 3.8) is 0 Å². The number of hydrogen-bond acceptors (Lipinski definition) is 7. The van der Waals surface area contributed by atoms with E-state index in [1.807, 2.05) is 0 Å². The van der Waals surface area contributed by atoms with Crippen molar-refractivity contribution in [3.05, 3.63) is 29.3 Å². The van der Waals surface area contributed by atoms with E-state index >= 15 is 0 Å². The van der Waals surface area contributed by atoms with E-state index < -0.39 is 10.0 Å². The SMILES string of the molecule is COc1ccc(CN)cc1S(=O)(=O)Nc1nncs1. The molecule has 102 valence electrons. The number of hydrogen-bond donors (Lipinski definition) is 2. The maximum Gasteiger partial charge on any atom is 0.267 e. The van der Waals surface area contributed by atoms with Crippen LogP contribution in [0.1, 0.15) is 5.56 Å². The zero-order valence-electron chi connectivity index (χ0n) is 10.0. The van der Waals surface area contributed by atoms with Crippen LogP contribution in [0, 0.1) is 0 Å². The van der Waals surface area contributed by atoms with Gasteiger partial charge in [0.15, 0.2) is 0 Å². The predicted molar refractivity (Wildman–Crippen MR) is 71.6 cm³/mol. The summed E-state index contributed by atoms with van der Waals surface area (Å²) in [6.07, 6.45) is 0. The molecule has 9 heteroatoms. The molecule has 0 radical (unpaired) electrons. The van der Waals surface area contributed by atoms with E-state index in [0.29, 0.717) is 5.56 Å². The summed E-state index contributed by atoms with van der Waals surface area (Å²) in [5, 5.41) is 7.40. The van der Waals surface area contributed by atoms with Crippen molar-refractivity contribution in [2.75, 3.05) is 11.8 Å². The molecule has 0 aliphatic carbocycles. The average molecular weight is 300 g/mol. The number of nitrogens with one attached hydrogen (secondary N) is 1. The molecule has 0 bridgehead atoms. The van der Waals surface area contributed by atoms with Gasteiger partial charge in [-0.15, -0.1) is 10.2 Å². The molecule has 0 saturated carbocycles. The zero-order chi connectivity index (χ0) is 13.9. The molecule has 1 heterocycles. The summed E-state index contributed by atoms with van der Waals surface area (Å²) in [6, 6.07) is 4.75. The summed E-state index contributed by atoms with van der Waals surface area (Å²) in [7, 11) is -2.38. The number of anilines is 1. The number of nitrogens with two attached hydrogens (primary N) is 1. The van der Waals surface area contributed by atoms with Crippen molar-refractivity contribution in [2.24, 2.45) is 5.73 Å². The van der Waals surface area contributed by atoms with Crippen LogP contribution in [0.25, 0.3) is 0 Å². The van der Waals surface area contributed by atoms with Crippen LogP contribution in [-0.2, 0) is 16.6 Å². The van der Waals surface area contributed by atoms with Gasteiger partial charge in [-0.25, -0.2) is 8.42 Å². The monoisotopic (exact) mass is 300 g/mol. The lowest BCUT2D eigenvalue weighted by Gasteiger charge is -2.11. The highest BCUT2D eigenvalue weighted by Gasteiger charge is 2.21. The molecule has 2 rings (SSSR count). The molecule has 0 spiro atoms. The number of methoxy groups -OCH3 is 1. The molecule has 3 N–H and O–H groups in total. The van der Waals surface area contributed by atoms with Gasteiger partial charge in [-0.3, -0.25) is 4.72 Å². The number of nitrogens with zero attached hydrogens (tertiary/aromatic N) is 2. The van der Waals surface area contributed by atoms with Crippen LogP contribution in [-0.4, -0.2) is 25.7 Å². The molecule has 0 saturated heterocycles. The highest BCUT2D eigenvalue weighted by molar-refractivity contribution is 7.93. The standard InChI is InChI=1S/C10H12N4O3S2/c1-17-8-3-2-7(5-11)4-9(8)19(15,16)14-10-13-12-6-18-10/h2-4,6H,5,11H2,1H3,(H,13,14). The fraction of sp³-hybridized carbons (Fsp3) is 0.200. The van der Waals surface area contributed by atoms with Crippen LogP contribution in [0.2, 0.25) is 0 Å². The van der Waals surface area contributed by atoms with Crippen molar-refractivity contribution in [3.8, 4) is 5.75 Å². The third-order valence-electron chi connectivity index (χ3n) is 2.33. The predicted octanol–water partition coefficient (Wildman–Crippen LogP) is 0.806. The topological polar surface area (TPSA) is 107 Å². The van der Waals surface area contributed by atoms with Crippen LogP contribution in [0.5, 0.6) is 5.75 Å². The first-order valence-corrected chi connectivity index (χ1v) is 7.59. The zero-order valence-corrected chi connectivity index (χ0v) is 11.7. The second-order valence-electron chi connectivity index (χ2n) is 3.54. The van der Waals surface area contributed by atoms with E-state index in [-0.39, 0.29) is 22.3 Å². The maximum absolute atomic E-state index is 12.3. The third kappa shape index (κ3) is 3.00. The summed E-state index contributed by atoms with van der Waals surface area (Å²) < 4.78 is 31.9. The number of aromatic nitrogens is 2. The van der Waals surface area contributed by atoms with Gasteiger partial charge >= 0.3 is 0 Å². The Balaban J connectivity index is 2.43. The average Bonchev–Trinajstić information content (AvgIpc) is 2.90. The first-order chi connectivity index (χ1) is 9.06. The lowest BCUT2D eigenvalue weighted by atomic mass is 10.2. The molecule has 0 amide bonds. The van der Waals surface area contributed by atoms with Gasteiger partial charge in [0.05, 0.1) is 7.11 Å². The van der Waals surface area contributed by atoms with E-state index in [0.717, 1.165) is 11.3 Å². The molecule has 0 atom stereocenters. The molecule has 19 heavy (non-hydrogen) atoms. The summed E-state index contributed by atoms with van der Waals surface area (Å²) in [5.74, 6) is 0.245. The minimum absolute atomic E-state index is 0.0214. The Morgan fingerprint density at radius 3 is 2.84 bits per heavy atom. The van der Waals surface area contributed by atoms with Gasteiger partial charge in [-0.2, -0.15) is 0 Å². The minimum atomic E-state index is -3.78. The smallest absolute Gasteiger partial charge is 0.267 e. The molecule has 0 fully saturated rings. The molecule has 0 aliphatic rings. The van der Waals surface area contributed by atoms with Crippen LogP contribution >= 0.6 is 11.3 Å². The minimum Gasteiger partial charge on any atom is -0.495 e. The molecular weight excluding hydrogens is 288 g/mol. The molecule has 0 aliphatic heterocycles. The van der Waals surface area contributed by atoms with Crippen LogP contribution in [0.4, 0.5) is 5.13 Å². The highest BCUT2D eigenvalue weighted by Crippen LogP contribution is 2.27. The Labute approximate surface area is 114 Å². The number of sulfonamides is 1. The number of rotatable bonds is 5. The van der Waals surface area contributed by atoms with Crippen molar-refractivity contribution in [2.45, 2.75) is 11.4 Å². The summed E-state index contributed by atoms with van der Waals surface area (Å²) >= 11 is 1.09. The van der Waals surface area contributed by atoms with Gasteiger partial charge in [0.1, 0.15) is 16.2 Å². The lowest BCUT2D eigenvalue weighted by molar-refractivity contribution is 0.402. The Morgan fingerprint density at radius 2 is 2.26 bits per heavy atom. The Hall–Kier alpha value is -1.71. The van der Waals surface area contributed by atoms with Crippen LogP contribution < -0.4 is 15.2 Å². The van der Waals surface area contributed by atoms with E-state index in [1.54, 1.807) is 12.1 Å². The fourth-order valence-electron chi connectivity index (χ4n) is 1.45. The molecule has 0 unspecified atom stereocenters. The molecule has 1 aromatic heterocycles. The summed E-state index contributed by atoms with van der Waals surface area (Å²) in [6.45, 7) is 0.241. The van der Waals surface area contributed by atoms with Gasteiger partial charge in [-0.05, 0) is 17.7 Å². The van der Waals surface area contributed by atoms with Crippen molar-refractivity contribution < 1.29 is 13.2 Å². The first-order valence-electron chi connectivity index (χ1n) is 5.23. The van der Waals surface area contributed by atoms with E-state index in [4.69, 9.17) is 10.5 Å². The highest BCUT2D eigenvalue weighted by atomic mass is 32.2. The van der Waals surface area contributed by atoms with Gasteiger partial charge < -0.3 is 10.5 Å². The second kappa shape index (κ2) is 5.51. The number of benzene rings is 1. The third-order valence-corrected chi connectivity index (χ3v) is 4.43. The Morgan fingerprint density at radius 1 is 1.47 bits per heavy atom. The van der Waals surface area contributed by atoms with E-state index in [1.165, 1.54) is 18.7 Å². The Bertz CT molecular complexity index is 655. The Kier molecular flexibility index (Phi) is 3.98. The summed E-state index contributed by atoms with van der Waals surface area (Å²) in [4.78, 5) is 0.0214. The first kappa shape index (κ1) is 13.7. The quantitative estimate of drug-likeness (QED) is 0.846. The van der Waals surface area contributed by atoms with Crippen molar-refractivity contribution in [1.82, 2.24) is 10.2 Å². The van der Waals surface area contributed by atoms with Gasteiger partial charge in [-0.1, -0.05) is 17.4 Å². The molecule has 1 aromatic carbocycles. The van der Waals surface area contributed by atoms with Gasteiger partial charge in [0.25, 0.3) is 10.0 Å². The van der Waals surface area contributed by atoms with E-state index in [2.05, 4.69) is 14.9 Å². The summed E-state index contributed by atoms with van der Waals surface area (Å²) in [5.41, 5.74) is 7.64. The fourth-order valence-corrected chi connectivity index (χ4v) is 3.36. The van der Waals surface area contributed by atoms with Crippen molar-refractivity contribution in [1.29, 1.82) is 0 Å². The van der Waals surface area contributed by atoms with Gasteiger partial charge in [0.2, 0.25) is 5.13 Å². The van der Waals surface area contributed by atoms with Crippen LogP contribution in [0.3, 0.4) is 0 Å². The molecule has 2 aromatic rings. The lowest BCUT2D eigenvalue weighted by Crippen LogP contribution is -2.14. The van der Waals surface area contributed by atoms with Gasteiger partial charge in [0, 0.05) is 6.54 Å². The van der Waals surface area contributed by atoms with Crippen LogP contribution in [0.15, 0.2) is 28.6 Å². The second-order valence-corrected chi connectivity index (χ2v) is 6.02.